The zero-order chi connectivity index (χ0) is 19.9. The van der Waals surface area contributed by atoms with Gasteiger partial charge in [0.05, 0.1) is 27.3 Å². The molecule has 0 aliphatic carbocycles. The second-order valence-electron chi connectivity index (χ2n) is 6.05. The van der Waals surface area contributed by atoms with Crippen molar-refractivity contribution in [2.24, 2.45) is 0 Å². The number of alkyl halides is 3. The summed E-state index contributed by atoms with van der Waals surface area (Å²) in [4.78, 5) is 15.9. The van der Waals surface area contributed by atoms with E-state index in [1.54, 1.807) is 36.7 Å². The van der Waals surface area contributed by atoms with Crippen LogP contribution in [0.5, 0.6) is 0 Å². The highest BCUT2D eigenvalue weighted by Crippen LogP contribution is 2.32. The number of aromatic nitrogens is 4. The number of rotatable bonds is 3. The number of nitrogens with one attached hydrogen (secondary N) is 1. The molecule has 1 N–H and O–H groups in total. The lowest BCUT2D eigenvalue weighted by atomic mass is 10.1. The number of hydrogen-bond donors (Lipinski definition) is 1. The molecule has 3 heterocycles. The summed E-state index contributed by atoms with van der Waals surface area (Å²) in [5.41, 5.74) is 2.57. The minimum absolute atomic E-state index is 0.292. The lowest BCUT2D eigenvalue weighted by Gasteiger charge is -2.05. The van der Waals surface area contributed by atoms with Crippen LogP contribution in [-0.2, 0) is 6.18 Å². The maximum Gasteiger partial charge on any atom is 0.416 e. The Bertz CT molecular complexity index is 1180. The van der Waals surface area contributed by atoms with Crippen molar-refractivity contribution in [2.45, 2.75) is 6.18 Å². The first-order valence-electron chi connectivity index (χ1n) is 8.17. The van der Waals surface area contributed by atoms with Crippen molar-refractivity contribution in [3.8, 4) is 22.8 Å². The van der Waals surface area contributed by atoms with E-state index < -0.39 is 11.7 Å². The van der Waals surface area contributed by atoms with Crippen LogP contribution in [0.15, 0.2) is 55.4 Å². The molecule has 0 aliphatic heterocycles. The quantitative estimate of drug-likeness (QED) is 0.458. The molecule has 0 fully saturated rings. The van der Waals surface area contributed by atoms with Crippen LogP contribution in [0.3, 0.4) is 0 Å². The average molecular weight is 401 g/mol. The van der Waals surface area contributed by atoms with Gasteiger partial charge in [-0.05, 0) is 42.0 Å². The Balaban J connectivity index is 1.68. The summed E-state index contributed by atoms with van der Waals surface area (Å²) >= 11 is 6.26. The molecule has 1 aromatic carbocycles. The van der Waals surface area contributed by atoms with Crippen LogP contribution in [-0.4, -0.2) is 19.9 Å². The van der Waals surface area contributed by atoms with E-state index in [0.717, 1.165) is 17.7 Å². The highest BCUT2D eigenvalue weighted by molar-refractivity contribution is 6.33. The molecule has 4 nitrogen and oxygen atoms in total. The fourth-order valence-corrected chi connectivity index (χ4v) is 3.04. The van der Waals surface area contributed by atoms with Crippen molar-refractivity contribution in [3.05, 3.63) is 71.5 Å². The van der Waals surface area contributed by atoms with Gasteiger partial charge < -0.3 is 4.98 Å². The molecule has 0 atom stereocenters. The molecule has 3 aromatic heterocycles. The van der Waals surface area contributed by atoms with Crippen molar-refractivity contribution in [2.75, 3.05) is 0 Å². The van der Waals surface area contributed by atoms with Crippen molar-refractivity contribution in [1.29, 1.82) is 0 Å². The molecule has 0 bridgehead atoms. The van der Waals surface area contributed by atoms with Crippen molar-refractivity contribution >= 4 is 28.7 Å². The first kappa shape index (κ1) is 18.2. The van der Waals surface area contributed by atoms with Gasteiger partial charge in [-0.2, -0.15) is 13.2 Å². The molecule has 28 heavy (non-hydrogen) atoms. The number of H-pyrrole nitrogens is 1. The van der Waals surface area contributed by atoms with Gasteiger partial charge in [-0.1, -0.05) is 24.3 Å². The van der Waals surface area contributed by atoms with Crippen LogP contribution < -0.4 is 0 Å². The topological polar surface area (TPSA) is 54.5 Å². The fourth-order valence-electron chi connectivity index (χ4n) is 2.76. The summed E-state index contributed by atoms with van der Waals surface area (Å²) in [7, 11) is 0. The number of pyridine rings is 2. The van der Waals surface area contributed by atoms with Gasteiger partial charge in [0, 0.05) is 18.0 Å². The molecule has 0 unspecified atom stereocenters. The zero-order valence-electron chi connectivity index (χ0n) is 14.3. The highest BCUT2D eigenvalue weighted by atomic mass is 35.5. The van der Waals surface area contributed by atoms with Crippen LogP contribution in [0.1, 0.15) is 11.1 Å². The minimum atomic E-state index is -4.41. The Hall–Kier alpha value is -3.19. The number of benzene rings is 1. The lowest BCUT2D eigenvalue weighted by Crippen LogP contribution is -2.04. The fraction of sp³-hybridized carbons (Fsp3) is 0.0500. The summed E-state index contributed by atoms with van der Waals surface area (Å²) in [6, 6.07) is 8.60. The van der Waals surface area contributed by atoms with Gasteiger partial charge >= 0.3 is 6.18 Å². The maximum atomic E-state index is 12.9. The number of hydrogen-bond acceptors (Lipinski definition) is 3. The summed E-state index contributed by atoms with van der Waals surface area (Å²) in [6.07, 6.45) is 0.480. The van der Waals surface area contributed by atoms with Gasteiger partial charge in [0.2, 0.25) is 0 Å². The van der Waals surface area contributed by atoms with Gasteiger partial charge in [-0.15, -0.1) is 0 Å². The van der Waals surface area contributed by atoms with Gasteiger partial charge in [0.15, 0.2) is 5.82 Å². The molecule has 0 amide bonds. The number of nitrogens with zero attached hydrogens (tertiary/aromatic N) is 3. The molecule has 0 radical (unpaired) electrons. The molecule has 0 saturated heterocycles. The molecule has 0 aliphatic rings. The van der Waals surface area contributed by atoms with E-state index in [2.05, 4.69) is 26.5 Å². The summed E-state index contributed by atoms with van der Waals surface area (Å²) in [6.45, 7) is 3.67. The Morgan fingerprint density at radius 3 is 2.50 bits per heavy atom. The largest absolute Gasteiger partial charge is 0.416 e. The SMILES string of the molecule is C=Cc1cnc(-c2ccc(-c3nc4ccc(C(F)(F)F)cc4[nH]3)nc2)c(Cl)c1. The van der Waals surface area contributed by atoms with E-state index >= 15 is 0 Å². The molecule has 4 aromatic rings. The third-order valence-corrected chi connectivity index (χ3v) is 4.47. The molecule has 0 saturated carbocycles. The molecule has 0 spiro atoms. The molecular weight excluding hydrogens is 389 g/mol. The van der Waals surface area contributed by atoms with Gasteiger partial charge in [0.1, 0.15) is 5.69 Å². The summed E-state index contributed by atoms with van der Waals surface area (Å²) in [5, 5.41) is 0.468. The number of aromatic amines is 1. The number of fused-ring (bicyclic) bond motifs is 1. The summed E-state index contributed by atoms with van der Waals surface area (Å²) in [5.74, 6) is 0.377. The normalized spacial score (nSPS) is 11.7. The number of imidazole rings is 1. The predicted octanol–water partition coefficient (Wildman–Crippen LogP) is 6.00. The van der Waals surface area contributed by atoms with Crippen LogP contribution in [0.25, 0.3) is 39.9 Å². The highest BCUT2D eigenvalue weighted by Gasteiger charge is 2.30. The van der Waals surface area contributed by atoms with Gasteiger partial charge in [0.25, 0.3) is 0 Å². The summed E-state index contributed by atoms with van der Waals surface area (Å²) < 4.78 is 38.6. The second-order valence-corrected chi connectivity index (χ2v) is 6.46. The molecule has 8 heteroatoms. The van der Waals surface area contributed by atoms with E-state index in [9.17, 15) is 13.2 Å². The Morgan fingerprint density at radius 1 is 1.04 bits per heavy atom. The van der Waals surface area contributed by atoms with Crippen molar-refractivity contribution in [3.63, 3.8) is 0 Å². The van der Waals surface area contributed by atoms with Gasteiger partial charge in [-0.3, -0.25) is 9.97 Å². The van der Waals surface area contributed by atoms with Crippen LogP contribution >= 0.6 is 11.6 Å². The first-order valence-corrected chi connectivity index (χ1v) is 8.55. The van der Waals surface area contributed by atoms with E-state index in [1.807, 2.05) is 0 Å². The molecule has 140 valence electrons. The van der Waals surface area contributed by atoms with Crippen LogP contribution in [0, 0.1) is 0 Å². The van der Waals surface area contributed by atoms with E-state index in [4.69, 9.17) is 11.6 Å². The molecular formula is C20H12ClF3N4. The van der Waals surface area contributed by atoms with E-state index in [0.29, 0.717) is 38.8 Å². The standard InChI is InChI=1S/C20H12ClF3N4/c1-2-11-7-14(21)18(26-9-11)12-3-5-16(25-10-12)19-27-15-6-4-13(20(22,23)24)8-17(15)28-19/h2-10H,1H2,(H,27,28). The van der Waals surface area contributed by atoms with Crippen molar-refractivity contribution in [1.82, 2.24) is 19.9 Å². The Labute approximate surface area is 162 Å². The number of halogens is 4. The average Bonchev–Trinajstić information content (AvgIpc) is 3.10. The lowest BCUT2D eigenvalue weighted by molar-refractivity contribution is -0.137. The first-order chi connectivity index (χ1) is 13.3. The zero-order valence-corrected chi connectivity index (χ0v) is 15.0. The molecule has 4 rings (SSSR count). The second kappa shape index (κ2) is 6.76. The monoisotopic (exact) mass is 400 g/mol. The van der Waals surface area contributed by atoms with Crippen LogP contribution in [0.4, 0.5) is 13.2 Å². The predicted molar refractivity (Wildman–Crippen MR) is 103 cm³/mol. The Kier molecular flexibility index (Phi) is 4.39. The van der Waals surface area contributed by atoms with E-state index in [1.165, 1.54) is 6.07 Å². The maximum absolute atomic E-state index is 12.9. The van der Waals surface area contributed by atoms with Crippen molar-refractivity contribution < 1.29 is 13.2 Å². The van der Waals surface area contributed by atoms with Crippen LogP contribution in [0.2, 0.25) is 5.02 Å². The third-order valence-electron chi connectivity index (χ3n) is 4.19. The van der Waals surface area contributed by atoms with Gasteiger partial charge in [-0.25, -0.2) is 4.98 Å². The third kappa shape index (κ3) is 3.36. The van der Waals surface area contributed by atoms with E-state index in [-0.39, 0.29) is 0 Å². The minimum Gasteiger partial charge on any atom is -0.337 e. The Morgan fingerprint density at radius 2 is 1.86 bits per heavy atom. The smallest absolute Gasteiger partial charge is 0.337 e.